The number of benzene rings is 2. The highest BCUT2D eigenvalue weighted by molar-refractivity contribution is 5.92. The van der Waals surface area contributed by atoms with E-state index in [0.29, 0.717) is 82.4 Å². The molecule has 7 unspecified atom stereocenters. The highest BCUT2D eigenvalue weighted by Gasteiger charge is 2.43. The van der Waals surface area contributed by atoms with Crippen LogP contribution in [0, 0.1) is 11.8 Å². The summed E-state index contributed by atoms with van der Waals surface area (Å²) >= 11 is 0. The Balaban J connectivity index is 1.19. The van der Waals surface area contributed by atoms with E-state index in [0.717, 1.165) is 46.9 Å². The number of ether oxygens (including phenoxy) is 5. The smallest absolute Gasteiger partial charge is 0.329 e. The third kappa shape index (κ3) is 18.2. The summed E-state index contributed by atoms with van der Waals surface area (Å²) in [5.41, 5.74) is -0.607. The van der Waals surface area contributed by atoms with Crippen LogP contribution in [0.2, 0.25) is 0 Å². The van der Waals surface area contributed by atoms with Crippen LogP contribution in [0.15, 0.2) is 48.5 Å². The lowest BCUT2D eigenvalue weighted by Gasteiger charge is -2.34. The van der Waals surface area contributed by atoms with Crippen LogP contribution >= 0.6 is 0 Å². The summed E-state index contributed by atoms with van der Waals surface area (Å²) in [7, 11) is 5.61. The van der Waals surface area contributed by atoms with E-state index in [9.17, 15) is 38.0 Å². The lowest BCUT2D eigenvalue weighted by atomic mass is 9.99. The monoisotopic (exact) mass is 1080 g/mol. The van der Waals surface area contributed by atoms with Crippen LogP contribution in [0.4, 0.5) is 20.2 Å². The Morgan fingerprint density at radius 2 is 1.04 bits per heavy atom. The summed E-state index contributed by atoms with van der Waals surface area (Å²) < 4.78 is 59.3. The SMILES string of the molecule is CNC(CC(C)(C)F)C(=O)OC(Cc1ccc(N2CCOCC2)cc1)C(=O)N(C)C(CC1CC1)C(=O)OC(C)C(=O)N(C)C(CC(C)(C)F)C(=O)OC(Cc1ccc(N2CCOCC2)cc1)C(=O)N(C)C(C=O)CC1CC1. The quantitative estimate of drug-likeness (QED) is 0.0676. The topological polar surface area (TPSA) is 194 Å². The molecule has 18 nitrogen and oxygen atoms in total. The molecule has 426 valence electrons. The number of likely N-dealkylation sites (N-methyl/N-ethyl adjacent to an activating group) is 4. The van der Waals surface area contributed by atoms with Gasteiger partial charge in [-0.1, -0.05) is 49.9 Å². The number of carbonyl (C=O) groups excluding carboxylic acids is 7. The van der Waals surface area contributed by atoms with Crippen LogP contribution in [0.3, 0.4) is 0 Å². The number of anilines is 2. The number of morpholine rings is 2. The normalized spacial score (nSPS) is 18.8. The van der Waals surface area contributed by atoms with Crippen molar-refractivity contribution in [1.29, 1.82) is 0 Å². The molecule has 2 aliphatic carbocycles. The molecule has 77 heavy (non-hydrogen) atoms. The summed E-state index contributed by atoms with van der Waals surface area (Å²) in [6.45, 7) is 11.6. The maximum atomic E-state index is 15.7. The first-order valence-corrected chi connectivity index (χ1v) is 27.2. The molecule has 4 aliphatic rings. The zero-order chi connectivity index (χ0) is 56.2. The predicted octanol–water partition coefficient (Wildman–Crippen LogP) is 5.04. The third-order valence-corrected chi connectivity index (χ3v) is 14.9. The van der Waals surface area contributed by atoms with Crippen molar-refractivity contribution < 1.29 is 66.0 Å². The molecule has 2 saturated carbocycles. The summed E-state index contributed by atoms with van der Waals surface area (Å²) in [6, 6.07) is 10.2. The number of carbonyl (C=O) groups is 7. The van der Waals surface area contributed by atoms with Gasteiger partial charge in [0.05, 0.1) is 32.5 Å². The van der Waals surface area contributed by atoms with Crippen LogP contribution in [0.1, 0.15) is 97.1 Å². The molecule has 0 aromatic heterocycles. The van der Waals surface area contributed by atoms with Crippen molar-refractivity contribution in [2.24, 2.45) is 11.8 Å². The molecule has 7 atom stereocenters. The second-order valence-corrected chi connectivity index (χ2v) is 22.5. The van der Waals surface area contributed by atoms with E-state index in [1.54, 1.807) is 0 Å². The van der Waals surface area contributed by atoms with Crippen molar-refractivity contribution in [2.75, 3.05) is 90.6 Å². The van der Waals surface area contributed by atoms with Gasteiger partial charge in [-0.2, -0.15) is 0 Å². The van der Waals surface area contributed by atoms with Gasteiger partial charge in [0.2, 0.25) is 0 Å². The van der Waals surface area contributed by atoms with Crippen LogP contribution in [-0.4, -0.2) is 191 Å². The molecule has 0 radical (unpaired) electrons. The van der Waals surface area contributed by atoms with Crippen molar-refractivity contribution >= 4 is 53.3 Å². The number of esters is 3. The van der Waals surface area contributed by atoms with Gasteiger partial charge in [-0.05, 0) is 102 Å². The van der Waals surface area contributed by atoms with E-state index in [-0.39, 0.29) is 31.6 Å². The first-order valence-electron chi connectivity index (χ1n) is 27.2. The van der Waals surface area contributed by atoms with Crippen LogP contribution in [-0.2, 0) is 70.1 Å². The van der Waals surface area contributed by atoms with Gasteiger partial charge in [0.25, 0.3) is 17.7 Å². The van der Waals surface area contributed by atoms with Gasteiger partial charge < -0.3 is 58.3 Å². The number of hydrogen-bond donors (Lipinski definition) is 1. The van der Waals surface area contributed by atoms with Gasteiger partial charge in [-0.25, -0.2) is 18.4 Å². The predicted molar refractivity (Wildman–Crippen MR) is 285 cm³/mol. The molecule has 0 bridgehead atoms. The number of halogens is 2. The van der Waals surface area contributed by atoms with Gasteiger partial charge in [-0.15, -0.1) is 0 Å². The van der Waals surface area contributed by atoms with Crippen molar-refractivity contribution in [3.63, 3.8) is 0 Å². The second kappa shape index (κ2) is 27.2. The molecule has 2 saturated heterocycles. The molecule has 3 amide bonds. The summed E-state index contributed by atoms with van der Waals surface area (Å²) in [6.07, 6.45) is -0.721. The fourth-order valence-electron chi connectivity index (χ4n) is 9.78. The minimum absolute atomic E-state index is 0.0459. The lowest BCUT2D eigenvalue weighted by molar-refractivity contribution is -0.173. The van der Waals surface area contributed by atoms with Gasteiger partial charge in [0.1, 0.15) is 35.7 Å². The first kappa shape index (κ1) is 60.5. The Bertz CT molecular complexity index is 2310. The van der Waals surface area contributed by atoms with E-state index in [1.807, 2.05) is 48.5 Å². The fourth-order valence-corrected chi connectivity index (χ4v) is 9.78. The molecule has 2 heterocycles. The molecule has 20 heteroatoms. The van der Waals surface area contributed by atoms with E-state index in [2.05, 4.69) is 15.1 Å². The lowest BCUT2D eigenvalue weighted by Crippen LogP contribution is -2.53. The van der Waals surface area contributed by atoms with Gasteiger partial charge in [-0.3, -0.25) is 19.2 Å². The number of nitrogens with one attached hydrogen (secondary N) is 1. The zero-order valence-electron chi connectivity index (χ0n) is 46.5. The maximum Gasteiger partial charge on any atom is 0.329 e. The minimum atomic E-state index is -2.05. The fraction of sp³-hybridized carbons (Fsp3) is 0.667. The molecule has 2 aromatic carbocycles. The van der Waals surface area contributed by atoms with Crippen molar-refractivity contribution in [2.45, 2.75) is 153 Å². The van der Waals surface area contributed by atoms with Gasteiger partial charge in [0.15, 0.2) is 18.3 Å². The second-order valence-electron chi connectivity index (χ2n) is 22.5. The highest BCUT2D eigenvalue weighted by atomic mass is 19.1. The first-order chi connectivity index (χ1) is 36.4. The average molecular weight is 1080 g/mol. The van der Waals surface area contributed by atoms with Crippen LogP contribution < -0.4 is 15.1 Å². The Hall–Kier alpha value is -5.73. The standard InChI is InChI=1S/C57H82F2N6O12/c1-37(75-54(71)46(31-39-12-13-39)62(8)52(69)49(76-53(70)45(60-6)34-56(2,3)58)33-41-16-20-43(21-17-41)65-24-28-74-29-25-65)50(67)63(9)47(35-57(4,5)59)55(72)77-48(51(68)61(7)44(36-66)30-38-10-11-38)32-40-14-18-42(19-15-40)64-22-26-73-27-23-64/h14-21,36-39,44-49,60H,10-13,22-35H2,1-9H3. The summed E-state index contributed by atoms with van der Waals surface area (Å²) in [5, 5.41) is 2.79. The maximum absolute atomic E-state index is 15.7. The number of alkyl halides is 2. The Kier molecular flexibility index (Phi) is 21.4. The molecule has 1 N–H and O–H groups in total. The molecule has 2 aliphatic heterocycles. The van der Waals surface area contributed by atoms with Crippen LogP contribution in [0.25, 0.3) is 0 Å². The van der Waals surface area contributed by atoms with E-state index in [1.165, 1.54) is 67.7 Å². The van der Waals surface area contributed by atoms with Crippen molar-refractivity contribution in [3.05, 3.63) is 59.7 Å². The Morgan fingerprint density at radius 1 is 0.623 bits per heavy atom. The van der Waals surface area contributed by atoms with E-state index >= 15 is 4.39 Å². The number of rotatable bonds is 28. The van der Waals surface area contributed by atoms with Crippen LogP contribution in [0.5, 0.6) is 0 Å². The molecule has 2 aromatic rings. The van der Waals surface area contributed by atoms with E-state index < -0.39 is 95.9 Å². The Labute approximate surface area is 452 Å². The zero-order valence-corrected chi connectivity index (χ0v) is 46.5. The number of aldehydes is 1. The minimum Gasteiger partial charge on any atom is -0.451 e. The number of amides is 3. The number of hydrogen-bond acceptors (Lipinski definition) is 15. The average Bonchev–Trinajstić information content (AvgIpc) is 4.37. The molecular formula is C57H82F2N6O12. The van der Waals surface area contributed by atoms with Gasteiger partial charge >= 0.3 is 17.9 Å². The molecular weight excluding hydrogens is 999 g/mol. The molecule has 4 fully saturated rings. The highest BCUT2D eigenvalue weighted by Crippen LogP contribution is 2.36. The molecule has 0 spiro atoms. The van der Waals surface area contributed by atoms with Crippen molar-refractivity contribution in [1.82, 2.24) is 20.0 Å². The number of nitrogens with zero attached hydrogens (tertiary/aromatic N) is 5. The van der Waals surface area contributed by atoms with Crippen molar-refractivity contribution in [3.8, 4) is 0 Å². The van der Waals surface area contributed by atoms with E-state index in [4.69, 9.17) is 23.7 Å². The molecule has 6 rings (SSSR count). The third-order valence-electron chi connectivity index (χ3n) is 14.9. The largest absolute Gasteiger partial charge is 0.451 e. The summed E-state index contributed by atoms with van der Waals surface area (Å²) in [4.78, 5) is 106. The Morgan fingerprint density at radius 3 is 1.47 bits per heavy atom. The summed E-state index contributed by atoms with van der Waals surface area (Å²) in [5.74, 6) is -4.82. The van der Waals surface area contributed by atoms with Gasteiger partial charge in [0, 0.05) is 84.4 Å².